The van der Waals surface area contributed by atoms with E-state index in [-0.39, 0.29) is 5.91 Å². The molecule has 0 unspecified atom stereocenters. The standard InChI is InChI=1S/C18H25N5O/c1-12-4-5-15(13(2)10-12)11-20-18(24)17-14(3)23(22-21-17)16-6-8-19-9-7-16/h4-5,10,16,19H,6-9,11H2,1-3H3,(H,20,24). The van der Waals surface area contributed by atoms with Crippen LogP contribution in [0, 0.1) is 20.8 Å². The number of rotatable bonds is 4. The van der Waals surface area contributed by atoms with Gasteiger partial charge in [0.05, 0.1) is 11.7 Å². The van der Waals surface area contributed by atoms with Gasteiger partial charge < -0.3 is 10.6 Å². The van der Waals surface area contributed by atoms with Crippen molar-refractivity contribution < 1.29 is 4.79 Å². The number of nitrogens with zero attached hydrogens (tertiary/aromatic N) is 3. The molecule has 128 valence electrons. The first-order chi connectivity index (χ1) is 11.6. The van der Waals surface area contributed by atoms with Gasteiger partial charge in [-0.15, -0.1) is 5.10 Å². The molecule has 0 atom stereocenters. The van der Waals surface area contributed by atoms with Crippen LogP contribution in [0.1, 0.15) is 51.8 Å². The number of aromatic nitrogens is 3. The molecule has 0 bridgehead atoms. The van der Waals surface area contributed by atoms with Crippen LogP contribution >= 0.6 is 0 Å². The lowest BCUT2D eigenvalue weighted by Crippen LogP contribution is -2.30. The molecule has 0 spiro atoms. The van der Waals surface area contributed by atoms with Gasteiger partial charge in [-0.3, -0.25) is 4.79 Å². The van der Waals surface area contributed by atoms with E-state index in [0.29, 0.717) is 18.3 Å². The van der Waals surface area contributed by atoms with Crippen molar-refractivity contribution in [3.8, 4) is 0 Å². The first kappa shape index (κ1) is 16.6. The number of carbonyl (C=O) groups is 1. The van der Waals surface area contributed by atoms with Gasteiger partial charge in [-0.2, -0.15) is 0 Å². The molecule has 1 aromatic heterocycles. The molecule has 2 N–H and O–H groups in total. The number of hydrogen-bond donors (Lipinski definition) is 2. The summed E-state index contributed by atoms with van der Waals surface area (Å²) in [4.78, 5) is 12.5. The van der Waals surface area contributed by atoms with Gasteiger partial charge in [0.25, 0.3) is 5.91 Å². The third kappa shape index (κ3) is 3.48. The highest BCUT2D eigenvalue weighted by molar-refractivity contribution is 5.93. The van der Waals surface area contributed by atoms with E-state index in [4.69, 9.17) is 0 Å². The molecule has 1 fully saturated rings. The Morgan fingerprint density at radius 1 is 1.29 bits per heavy atom. The topological polar surface area (TPSA) is 71.8 Å². The summed E-state index contributed by atoms with van der Waals surface area (Å²) in [6.07, 6.45) is 2.04. The van der Waals surface area contributed by atoms with Gasteiger partial charge in [0.15, 0.2) is 5.69 Å². The molecular formula is C18H25N5O. The van der Waals surface area contributed by atoms with Crippen LogP contribution in [0.15, 0.2) is 18.2 Å². The average Bonchev–Trinajstić information content (AvgIpc) is 2.96. The molecule has 1 amide bonds. The summed E-state index contributed by atoms with van der Waals surface area (Å²) >= 11 is 0. The van der Waals surface area contributed by atoms with Crippen LogP contribution in [-0.2, 0) is 6.54 Å². The fourth-order valence-electron chi connectivity index (χ4n) is 3.25. The molecule has 24 heavy (non-hydrogen) atoms. The molecule has 2 aromatic rings. The zero-order valence-electron chi connectivity index (χ0n) is 14.6. The highest BCUT2D eigenvalue weighted by Crippen LogP contribution is 2.20. The molecule has 0 aliphatic carbocycles. The Morgan fingerprint density at radius 3 is 2.75 bits per heavy atom. The van der Waals surface area contributed by atoms with Crippen molar-refractivity contribution >= 4 is 5.91 Å². The number of amides is 1. The van der Waals surface area contributed by atoms with E-state index < -0.39 is 0 Å². The van der Waals surface area contributed by atoms with Gasteiger partial charge in [-0.05, 0) is 57.8 Å². The lowest BCUT2D eigenvalue weighted by Gasteiger charge is -2.23. The van der Waals surface area contributed by atoms with Crippen LogP contribution in [0.4, 0.5) is 0 Å². The smallest absolute Gasteiger partial charge is 0.274 e. The quantitative estimate of drug-likeness (QED) is 0.902. The maximum Gasteiger partial charge on any atom is 0.274 e. The van der Waals surface area contributed by atoms with Crippen LogP contribution in [0.2, 0.25) is 0 Å². The lowest BCUT2D eigenvalue weighted by molar-refractivity contribution is 0.0945. The zero-order valence-corrected chi connectivity index (χ0v) is 14.6. The molecular weight excluding hydrogens is 302 g/mol. The molecule has 6 heteroatoms. The molecule has 0 saturated carbocycles. The Morgan fingerprint density at radius 2 is 2.04 bits per heavy atom. The second-order valence-electron chi connectivity index (χ2n) is 6.56. The van der Waals surface area contributed by atoms with Crippen molar-refractivity contribution in [2.45, 2.75) is 46.2 Å². The fraction of sp³-hybridized carbons (Fsp3) is 0.500. The number of piperidine rings is 1. The summed E-state index contributed by atoms with van der Waals surface area (Å²) in [7, 11) is 0. The van der Waals surface area contributed by atoms with Crippen LogP contribution in [-0.4, -0.2) is 34.0 Å². The van der Waals surface area contributed by atoms with Crippen molar-refractivity contribution in [3.05, 3.63) is 46.3 Å². The third-order valence-electron chi connectivity index (χ3n) is 4.73. The highest BCUT2D eigenvalue weighted by atomic mass is 16.2. The van der Waals surface area contributed by atoms with Crippen molar-refractivity contribution in [3.63, 3.8) is 0 Å². The minimum atomic E-state index is -0.160. The molecule has 2 heterocycles. The Kier molecular flexibility index (Phi) is 4.94. The number of carbonyl (C=O) groups excluding carboxylic acids is 1. The van der Waals surface area contributed by atoms with Crippen LogP contribution in [0.5, 0.6) is 0 Å². The van der Waals surface area contributed by atoms with E-state index in [1.54, 1.807) is 0 Å². The maximum absolute atomic E-state index is 12.5. The summed E-state index contributed by atoms with van der Waals surface area (Å²) in [6, 6.07) is 6.58. The Balaban J connectivity index is 1.68. The summed E-state index contributed by atoms with van der Waals surface area (Å²) in [5.41, 5.74) is 4.81. The largest absolute Gasteiger partial charge is 0.346 e. The minimum Gasteiger partial charge on any atom is -0.346 e. The second-order valence-corrected chi connectivity index (χ2v) is 6.56. The number of nitrogens with one attached hydrogen (secondary N) is 2. The second kappa shape index (κ2) is 7.13. The Labute approximate surface area is 142 Å². The van der Waals surface area contributed by atoms with Crippen molar-refractivity contribution in [2.24, 2.45) is 0 Å². The third-order valence-corrected chi connectivity index (χ3v) is 4.73. The Hall–Kier alpha value is -2.21. The van der Waals surface area contributed by atoms with E-state index in [9.17, 15) is 4.79 Å². The predicted octanol–water partition coefficient (Wildman–Crippen LogP) is 2.06. The monoisotopic (exact) mass is 327 g/mol. The normalized spacial score (nSPS) is 15.5. The van der Waals surface area contributed by atoms with E-state index >= 15 is 0 Å². The molecule has 1 aliphatic rings. The zero-order chi connectivity index (χ0) is 17.1. The van der Waals surface area contributed by atoms with Gasteiger partial charge in [-0.1, -0.05) is 29.0 Å². The number of hydrogen-bond acceptors (Lipinski definition) is 4. The van der Waals surface area contributed by atoms with E-state index in [0.717, 1.165) is 37.2 Å². The molecule has 1 saturated heterocycles. The first-order valence-electron chi connectivity index (χ1n) is 8.53. The fourth-order valence-corrected chi connectivity index (χ4v) is 3.25. The SMILES string of the molecule is Cc1ccc(CNC(=O)c2nnn(C3CCNCC3)c2C)c(C)c1. The number of benzene rings is 1. The maximum atomic E-state index is 12.5. The van der Waals surface area contributed by atoms with E-state index in [1.165, 1.54) is 11.1 Å². The first-order valence-corrected chi connectivity index (χ1v) is 8.53. The molecule has 6 nitrogen and oxygen atoms in total. The van der Waals surface area contributed by atoms with Crippen molar-refractivity contribution in [1.82, 2.24) is 25.6 Å². The minimum absolute atomic E-state index is 0.160. The van der Waals surface area contributed by atoms with Crippen LogP contribution < -0.4 is 10.6 Å². The van der Waals surface area contributed by atoms with Crippen LogP contribution in [0.3, 0.4) is 0 Å². The molecule has 0 radical (unpaired) electrons. The van der Waals surface area contributed by atoms with Crippen molar-refractivity contribution in [2.75, 3.05) is 13.1 Å². The van der Waals surface area contributed by atoms with Gasteiger partial charge in [-0.25, -0.2) is 4.68 Å². The number of aryl methyl sites for hydroxylation is 2. The molecule has 1 aliphatic heterocycles. The van der Waals surface area contributed by atoms with Gasteiger partial charge in [0.2, 0.25) is 0 Å². The summed E-state index contributed by atoms with van der Waals surface area (Å²) in [5, 5.41) is 14.6. The van der Waals surface area contributed by atoms with Crippen LogP contribution in [0.25, 0.3) is 0 Å². The average molecular weight is 327 g/mol. The summed E-state index contributed by atoms with van der Waals surface area (Å²) < 4.78 is 1.91. The lowest BCUT2D eigenvalue weighted by atomic mass is 10.1. The van der Waals surface area contributed by atoms with Gasteiger partial charge in [0.1, 0.15) is 0 Å². The summed E-state index contributed by atoms with van der Waals surface area (Å²) in [5.74, 6) is -0.160. The summed E-state index contributed by atoms with van der Waals surface area (Å²) in [6.45, 7) is 8.53. The Bertz CT molecular complexity index is 731. The van der Waals surface area contributed by atoms with Gasteiger partial charge >= 0.3 is 0 Å². The highest BCUT2D eigenvalue weighted by Gasteiger charge is 2.22. The molecule has 1 aromatic carbocycles. The predicted molar refractivity (Wildman–Crippen MR) is 93.0 cm³/mol. The van der Waals surface area contributed by atoms with Crippen molar-refractivity contribution in [1.29, 1.82) is 0 Å². The van der Waals surface area contributed by atoms with E-state index in [1.807, 2.05) is 11.6 Å². The van der Waals surface area contributed by atoms with E-state index in [2.05, 4.69) is 53.0 Å². The molecule has 3 rings (SSSR count). The van der Waals surface area contributed by atoms with Gasteiger partial charge in [0, 0.05) is 6.54 Å².